The summed E-state index contributed by atoms with van der Waals surface area (Å²) in [5.41, 5.74) is 1.05. The molecule has 0 saturated heterocycles. The minimum Gasteiger partial charge on any atom is -0.460 e. The maximum absolute atomic E-state index is 5.62. The first-order valence-corrected chi connectivity index (χ1v) is 5.23. The van der Waals surface area contributed by atoms with Crippen LogP contribution in [0.15, 0.2) is 35.8 Å². The van der Waals surface area contributed by atoms with Crippen molar-refractivity contribution >= 4 is 0 Å². The molecule has 15 heavy (non-hydrogen) atoms. The van der Waals surface area contributed by atoms with Crippen LogP contribution in [0.25, 0.3) is 0 Å². The molecule has 0 bridgehead atoms. The summed E-state index contributed by atoms with van der Waals surface area (Å²) in [4.78, 5) is 0. The Kier molecular flexibility index (Phi) is 6.59. The van der Waals surface area contributed by atoms with Crippen LogP contribution < -0.4 is 0 Å². The first kappa shape index (κ1) is 13.8. The Labute approximate surface area is 93.3 Å². The molecule has 0 aromatic carbocycles. The van der Waals surface area contributed by atoms with Gasteiger partial charge in [-0.05, 0) is 46.8 Å². The van der Waals surface area contributed by atoms with Crippen LogP contribution in [0.3, 0.4) is 0 Å². The van der Waals surface area contributed by atoms with E-state index < -0.39 is 0 Å². The van der Waals surface area contributed by atoms with Crippen molar-refractivity contribution in [3.8, 4) is 0 Å². The molecule has 0 amide bonds. The summed E-state index contributed by atoms with van der Waals surface area (Å²) in [6, 6.07) is 0. The minimum absolute atomic E-state index is 0.269. The molecule has 0 aliphatic carbocycles. The quantitative estimate of drug-likeness (QED) is 0.372. The van der Waals surface area contributed by atoms with Gasteiger partial charge in [0.1, 0.15) is 0 Å². The van der Waals surface area contributed by atoms with Crippen LogP contribution in [0.1, 0.15) is 41.0 Å². The molecule has 0 aliphatic heterocycles. The maximum atomic E-state index is 5.62. The second-order valence-corrected chi connectivity index (χ2v) is 3.63. The smallest absolute Gasteiger partial charge is 0.243 e. The average Bonchev–Trinajstić information content (AvgIpc) is 2.16. The summed E-state index contributed by atoms with van der Waals surface area (Å²) >= 11 is 0. The SMILES string of the molecule is C=C(C)CC(OC(C)=CC)OC(C)=CC. The predicted octanol–water partition coefficient (Wildman–Crippen LogP) is 4.16. The number of rotatable bonds is 6. The van der Waals surface area contributed by atoms with Crippen LogP contribution >= 0.6 is 0 Å². The fraction of sp³-hybridized carbons (Fsp3) is 0.538. The molecule has 0 aromatic rings. The van der Waals surface area contributed by atoms with Crippen LogP contribution in [-0.2, 0) is 9.47 Å². The normalized spacial score (nSPS) is 14.7. The van der Waals surface area contributed by atoms with Crippen LogP contribution in [0.5, 0.6) is 0 Å². The zero-order chi connectivity index (χ0) is 11.8. The molecule has 0 fully saturated rings. The third-order valence-electron chi connectivity index (χ3n) is 1.96. The van der Waals surface area contributed by atoms with Crippen LogP contribution in [0.4, 0.5) is 0 Å². The van der Waals surface area contributed by atoms with Gasteiger partial charge in [-0.3, -0.25) is 0 Å². The van der Waals surface area contributed by atoms with Crippen molar-refractivity contribution in [1.29, 1.82) is 0 Å². The number of allylic oxidation sites excluding steroid dienone is 4. The summed E-state index contributed by atoms with van der Waals surface area (Å²) in [7, 11) is 0. The van der Waals surface area contributed by atoms with Crippen LogP contribution in [-0.4, -0.2) is 6.29 Å². The van der Waals surface area contributed by atoms with E-state index in [9.17, 15) is 0 Å². The van der Waals surface area contributed by atoms with Gasteiger partial charge >= 0.3 is 0 Å². The Morgan fingerprint density at radius 2 is 1.47 bits per heavy atom. The molecule has 0 radical (unpaired) electrons. The molecular weight excluding hydrogens is 188 g/mol. The number of hydrogen-bond donors (Lipinski definition) is 0. The summed E-state index contributed by atoms with van der Waals surface area (Å²) in [6.45, 7) is 13.5. The van der Waals surface area contributed by atoms with E-state index >= 15 is 0 Å². The highest BCUT2D eigenvalue weighted by Gasteiger charge is 2.11. The lowest BCUT2D eigenvalue weighted by atomic mass is 10.2. The topological polar surface area (TPSA) is 18.5 Å². The van der Waals surface area contributed by atoms with Crippen molar-refractivity contribution in [3.05, 3.63) is 35.8 Å². The van der Waals surface area contributed by atoms with Gasteiger partial charge < -0.3 is 9.47 Å². The van der Waals surface area contributed by atoms with E-state index in [2.05, 4.69) is 6.58 Å². The van der Waals surface area contributed by atoms with Crippen molar-refractivity contribution in [1.82, 2.24) is 0 Å². The molecule has 0 rings (SSSR count). The lowest BCUT2D eigenvalue weighted by Gasteiger charge is -2.21. The fourth-order valence-electron chi connectivity index (χ4n) is 0.943. The van der Waals surface area contributed by atoms with E-state index in [1.165, 1.54) is 0 Å². The highest BCUT2D eigenvalue weighted by atomic mass is 16.7. The standard InChI is InChI=1S/C13H22O2/c1-7-11(5)14-13(9-10(3)4)15-12(6)8-2/h7-8,13H,3,9H2,1-2,4-6H3. The highest BCUT2D eigenvalue weighted by molar-refractivity contribution is 4.94. The molecule has 0 saturated carbocycles. The third-order valence-corrected chi connectivity index (χ3v) is 1.96. The average molecular weight is 210 g/mol. The molecule has 0 atom stereocenters. The van der Waals surface area contributed by atoms with Crippen molar-refractivity contribution in [2.45, 2.75) is 47.3 Å². The van der Waals surface area contributed by atoms with Gasteiger partial charge in [-0.2, -0.15) is 0 Å². The lowest BCUT2D eigenvalue weighted by Crippen LogP contribution is -2.16. The molecule has 0 unspecified atom stereocenters. The predicted molar refractivity (Wildman–Crippen MR) is 64.3 cm³/mol. The molecule has 2 heteroatoms. The van der Waals surface area contributed by atoms with Crippen molar-refractivity contribution in [2.75, 3.05) is 0 Å². The van der Waals surface area contributed by atoms with Gasteiger partial charge in [0.2, 0.25) is 6.29 Å². The van der Waals surface area contributed by atoms with Crippen LogP contribution in [0.2, 0.25) is 0 Å². The van der Waals surface area contributed by atoms with E-state index in [1.807, 2.05) is 46.8 Å². The monoisotopic (exact) mass is 210 g/mol. The second-order valence-electron chi connectivity index (χ2n) is 3.63. The Bertz CT molecular complexity index is 242. The Morgan fingerprint density at radius 1 is 1.07 bits per heavy atom. The summed E-state index contributed by atoms with van der Waals surface area (Å²) in [6.07, 6.45) is 4.27. The zero-order valence-electron chi connectivity index (χ0n) is 10.5. The molecule has 0 aliphatic rings. The van der Waals surface area contributed by atoms with E-state index in [0.29, 0.717) is 6.42 Å². The van der Waals surface area contributed by atoms with Gasteiger partial charge in [0.05, 0.1) is 11.5 Å². The molecular formula is C13H22O2. The third kappa shape index (κ3) is 6.83. The first-order valence-electron chi connectivity index (χ1n) is 5.23. The van der Waals surface area contributed by atoms with Crippen molar-refractivity contribution in [3.63, 3.8) is 0 Å². The Morgan fingerprint density at radius 3 is 1.73 bits per heavy atom. The summed E-state index contributed by atoms with van der Waals surface area (Å²) < 4.78 is 11.2. The summed E-state index contributed by atoms with van der Waals surface area (Å²) in [5, 5.41) is 0. The maximum Gasteiger partial charge on any atom is 0.243 e. The van der Waals surface area contributed by atoms with E-state index in [-0.39, 0.29) is 6.29 Å². The van der Waals surface area contributed by atoms with Crippen molar-refractivity contribution in [2.24, 2.45) is 0 Å². The van der Waals surface area contributed by atoms with Crippen LogP contribution in [0, 0.1) is 0 Å². The largest absolute Gasteiger partial charge is 0.460 e. The van der Waals surface area contributed by atoms with Gasteiger partial charge in [-0.15, -0.1) is 0 Å². The van der Waals surface area contributed by atoms with Gasteiger partial charge in [-0.1, -0.05) is 12.2 Å². The van der Waals surface area contributed by atoms with Gasteiger partial charge in [-0.25, -0.2) is 0 Å². The van der Waals surface area contributed by atoms with E-state index in [0.717, 1.165) is 17.1 Å². The Balaban J connectivity index is 4.37. The molecule has 0 N–H and O–H groups in total. The van der Waals surface area contributed by atoms with E-state index in [1.54, 1.807) is 0 Å². The highest BCUT2D eigenvalue weighted by Crippen LogP contribution is 2.15. The molecule has 86 valence electrons. The fourth-order valence-corrected chi connectivity index (χ4v) is 0.943. The number of ether oxygens (including phenoxy) is 2. The molecule has 0 spiro atoms. The molecule has 0 heterocycles. The van der Waals surface area contributed by atoms with Gasteiger partial charge in [0.25, 0.3) is 0 Å². The first-order chi connectivity index (χ1) is 6.99. The van der Waals surface area contributed by atoms with Gasteiger partial charge in [0, 0.05) is 6.42 Å². The van der Waals surface area contributed by atoms with Gasteiger partial charge in [0.15, 0.2) is 0 Å². The summed E-state index contributed by atoms with van der Waals surface area (Å²) in [5.74, 6) is 1.73. The molecule has 0 aromatic heterocycles. The molecule has 2 nitrogen and oxygen atoms in total. The lowest BCUT2D eigenvalue weighted by molar-refractivity contribution is -0.0835. The number of hydrogen-bond acceptors (Lipinski definition) is 2. The van der Waals surface area contributed by atoms with Crippen molar-refractivity contribution < 1.29 is 9.47 Å². The minimum atomic E-state index is -0.269. The Hall–Kier alpha value is -1.18. The van der Waals surface area contributed by atoms with E-state index in [4.69, 9.17) is 9.47 Å². The second kappa shape index (κ2) is 7.16. The zero-order valence-corrected chi connectivity index (χ0v) is 10.5.